The molecule has 1 saturated heterocycles. The molecule has 0 amide bonds. The predicted octanol–water partition coefficient (Wildman–Crippen LogP) is 2.66. The number of fused-ring (bicyclic) bond motifs is 2. The van der Waals surface area contributed by atoms with Crippen molar-refractivity contribution in [2.45, 2.75) is 12.7 Å². The Morgan fingerprint density at radius 2 is 1.85 bits per heavy atom. The maximum atomic E-state index is 14.0. The average Bonchev–Trinajstić information content (AvgIpc) is 3.39. The Labute approximate surface area is 183 Å². The third kappa shape index (κ3) is 3.90. The normalized spacial score (nSPS) is 15.6. The van der Waals surface area contributed by atoms with Crippen LogP contribution in [-0.2, 0) is 12.7 Å². The van der Waals surface area contributed by atoms with Crippen molar-refractivity contribution in [3.8, 4) is 0 Å². The Bertz CT molecular complexity index is 1320. The molecule has 14 heteroatoms. The zero-order valence-corrected chi connectivity index (χ0v) is 17.3. The predicted molar refractivity (Wildman–Crippen MR) is 109 cm³/mol. The number of H-pyrrole nitrogens is 1. The first kappa shape index (κ1) is 21.3. The highest BCUT2D eigenvalue weighted by molar-refractivity contribution is 5.76. The number of aromatic nitrogens is 6. The highest BCUT2D eigenvalue weighted by atomic mass is 19.4. The van der Waals surface area contributed by atoms with Gasteiger partial charge in [0.15, 0.2) is 28.8 Å². The summed E-state index contributed by atoms with van der Waals surface area (Å²) in [6.45, 7) is 2.47. The first-order valence-electron chi connectivity index (χ1n) is 10.0. The molecule has 1 aliphatic heterocycles. The number of likely N-dealkylation sites (N-methyl/N-ethyl adjacent to an activating group) is 1. The quantitative estimate of drug-likeness (QED) is 0.446. The maximum Gasteiger partial charge on any atom is 0.435 e. The van der Waals surface area contributed by atoms with Gasteiger partial charge in [0.25, 0.3) is 0 Å². The van der Waals surface area contributed by atoms with Gasteiger partial charge in [0, 0.05) is 26.2 Å². The molecular formula is C19H18F5N9. The minimum absolute atomic E-state index is 0.0429. The number of aromatic amines is 1. The van der Waals surface area contributed by atoms with Gasteiger partial charge in [-0.15, -0.1) is 5.10 Å². The summed E-state index contributed by atoms with van der Waals surface area (Å²) < 4.78 is 68.6. The summed E-state index contributed by atoms with van der Waals surface area (Å²) in [7, 11) is 1.95. The Kier molecular flexibility index (Phi) is 5.03. The lowest BCUT2D eigenvalue weighted by Crippen LogP contribution is -2.45. The lowest BCUT2D eigenvalue weighted by Gasteiger charge is -2.32. The van der Waals surface area contributed by atoms with Crippen LogP contribution < -0.4 is 10.2 Å². The molecule has 0 unspecified atom stereocenters. The fourth-order valence-corrected chi connectivity index (χ4v) is 3.64. The number of nitrogens with one attached hydrogen (secondary N) is 2. The van der Waals surface area contributed by atoms with Crippen LogP contribution in [0.25, 0.3) is 16.7 Å². The molecule has 2 N–H and O–H groups in total. The molecule has 0 spiro atoms. The molecule has 4 aromatic rings. The molecule has 0 bridgehead atoms. The smallest absolute Gasteiger partial charge is 0.360 e. The van der Waals surface area contributed by atoms with Gasteiger partial charge >= 0.3 is 6.18 Å². The van der Waals surface area contributed by atoms with Crippen molar-refractivity contribution in [3.63, 3.8) is 0 Å². The van der Waals surface area contributed by atoms with Crippen molar-refractivity contribution in [2.24, 2.45) is 0 Å². The molecule has 0 radical (unpaired) electrons. The highest BCUT2D eigenvalue weighted by Gasteiger charge is 2.36. The van der Waals surface area contributed by atoms with Crippen molar-refractivity contribution in [3.05, 3.63) is 41.5 Å². The number of piperazine rings is 1. The molecule has 0 saturated carbocycles. The summed E-state index contributed by atoms with van der Waals surface area (Å²) in [5.74, 6) is -1.68. The van der Waals surface area contributed by atoms with Gasteiger partial charge in [-0.3, -0.25) is 0 Å². The summed E-state index contributed by atoms with van der Waals surface area (Å²) in [5.41, 5.74) is -1.03. The van der Waals surface area contributed by atoms with Crippen LogP contribution in [0.5, 0.6) is 0 Å². The summed E-state index contributed by atoms with van der Waals surface area (Å²) in [6.07, 6.45) is -3.97. The fourth-order valence-electron chi connectivity index (χ4n) is 3.64. The zero-order valence-electron chi connectivity index (χ0n) is 17.3. The second-order valence-electron chi connectivity index (χ2n) is 7.72. The molecule has 1 aromatic carbocycles. The van der Waals surface area contributed by atoms with Crippen LogP contribution >= 0.6 is 0 Å². The van der Waals surface area contributed by atoms with E-state index >= 15 is 0 Å². The molecule has 0 atom stereocenters. The second kappa shape index (κ2) is 7.79. The van der Waals surface area contributed by atoms with E-state index < -0.39 is 23.5 Å². The first-order chi connectivity index (χ1) is 15.7. The van der Waals surface area contributed by atoms with Crippen molar-refractivity contribution in [1.82, 2.24) is 34.4 Å². The van der Waals surface area contributed by atoms with Crippen molar-refractivity contribution < 1.29 is 22.0 Å². The van der Waals surface area contributed by atoms with Gasteiger partial charge in [-0.2, -0.15) is 18.2 Å². The van der Waals surface area contributed by atoms with Crippen molar-refractivity contribution in [1.29, 1.82) is 0 Å². The Morgan fingerprint density at radius 3 is 2.58 bits per heavy atom. The van der Waals surface area contributed by atoms with Crippen LogP contribution in [-0.4, -0.2) is 67.7 Å². The lowest BCUT2D eigenvalue weighted by atomic mass is 10.3. The van der Waals surface area contributed by atoms with E-state index in [4.69, 9.17) is 0 Å². The highest BCUT2D eigenvalue weighted by Crippen LogP contribution is 2.31. The van der Waals surface area contributed by atoms with E-state index in [1.54, 1.807) is 4.90 Å². The fraction of sp³-hybridized carbons (Fsp3) is 0.368. The number of imidazole rings is 2. The molecule has 3 aromatic heterocycles. The number of anilines is 2. The molecule has 0 aliphatic carbocycles. The van der Waals surface area contributed by atoms with Crippen molar-refractivity contribution in [2.75, 3.05) is 43.4 Å². The summed E-state index contributed by atoms with van der Waals surface area (Å²) >= 11 is 0. The Morgan fingerprint density at radius 1 is 1.09 bits per heavy atom. The monoisotopic (exact) mass is 467 g/mol. The molecule has 5 rings (SSSR count). The lowest BCUT2D eigenvalue weighted by molar-refractivity contribution is -0.142. The van der Waals surface area contributed by atoms with Gasteiger partial charge in [0.05, 0.1) is 18.3 Å². The SMILES string of the molecule is CN1CCN(c2nc(NCc3nc4c(F)c(F)ccc4[nH]3)c3ncc(C(F)(F)F)n3n2)CC1. The Hall–Kier alpha value is -3.55. The van der Waals surface area contributed by atoms with E-state index in [1.165, 1.54) is 6.07 Å². The third-order valence-electron chi connectivity index (χ3n) is 5.45. The number of benzene rings is 1. The van der Waals surface area contributed by atoms with Gasteiger partial charge in [0.2, 0.25) is 5.95 Å². The number of hydrogen-bond donors (Lipinski definition) is 2. The van der Waals surface area contributed by atoms with Crippen LogP contribution in [0.1, 0.15) is 11.5 Å². The van der Waals surface area contributed by atoms with E-state index in [0.717, 1.165) is 10.6 Å². The van der Waals surface area contributed by atoms with E-state index in [-0.39, 0.29) is 40.8 Å². The molecule has 1 aliphatic rings. The Balaban J connectivity index is 1.51. The minimum Gasteiger partial charge on any atom is -0.360 e. The minimum atomic E-state index is -4.66. The van der Waals surface area contributed by atoms with E-state index in [0.29, 0.717) is 32.4 Å². The van der Waals surface area contributed by atoms with Gasteiger partial charge in [-0.1, -0.05) is 0 Å². The van der Waals surface area contributed by atoms with E-state index in [1.807, 2.05) is 7.05 Å². The molecule has 174 valence electrons. The van der Waals surface area contributed by atoms with Gasteiger partial charge in [-0.25, -0.2) is 23.3 Å². The van der Waals surface area contributed by atoms with Crippen LogP contribution in [0.4, 0.5) is 33.7 Å². The van der Waals surface area contributed by atoms with Gasteiger partial charge in [0.1, 0.15) is 11.3 Å². The zero-order chi connectivity index (χ0) is 23.3. The largest absolute Gasteiger partial charge is 0.435 e. The third-order valence-corrected chi connectivity index (χ3v) is 5.45. The van der Waals surface area contributed by atoms with Crippen LogP contribution in [0.15, 0.2) is 18.3 Å². The van der Waals surface area contributed by atoms with Gasteiger partial charge in [-0.05, 0) is 19.2 Å². The molecule has 1 fully saturated rings. The summed E-state index contributed by atoms with van der Waals surface area (Å²) in [6, 6.07) is 2.33. The number of nitrogens with zero attached hydrogens (tertiary/aromatic N) is 7. The number of hydrogen-bond acceptors (Lipinski definition) is 7. The topological polar surface area (TPSA) is 90.3 Å². The standard InChI is InChI=1S/C19H18F5N9/c1-31-4-6-32(7-5-31)18-29-16(17-26-8-12(19(22,23)24)33(17)30-18)25-9-13-27-11-3-2-10(20)14(21)15(11)28-13/h2-3,8H,4-7,9H2,1H3,(H,27,28)(H,25,29,30). The molecule has 9 nitrogen and oxygen atoms in total. The number of rotatable bonds is 4. The summed E-state index contributed by atoms with van der Waals surface area (Å²) in [4.78, 5) is 19.0. The second-order valence-corrected chi connectivity index (χ2v) is 7.72. The van der Waals surface area contributed by atoms with E-state index in [9.17, 15) is 22.0 Å². The number of alkyl halides is 3. The van der Waals surface area contributed by atoms with Crippen LogP contribution in [0.2, 0.25) is 0 Å². The maximum absolute atomic E-state index is 14.0. The average molecular weight is 467 g/mol. The molecular weight excluding hydrogens is 449 g/mol. The summed E-state index contributed by atoms with van der Waals surface area (Å²) in [5, 5.41) is 7.00. The van der Waals surface area contributed by atoms with Gasteiger partial charge < -0.3 is 20.1 Å². The van der Waals surface area contributed by atoms with Crippen LogP contribution in [0.3, 0.4) is 0 Å². The number of halogens is 5. The van der Waals surface area contributed by atoms with Crippen molar-refractivity contribution >= 4 is 28.4 Å². The molecule has 33 heavy (non-hydrogen) atoms. The molecule has 4 heterocycles. The van der Waals surface area contributed by atoms with E-state index in [2.05, 4.69) is 35.3 Å². The van der Waals surface area contributed by atoms with Crippen LogP contribution in [0, 0.1) is 11.6 Å². The first-order valence-corrected chi connectivity index (χ1v) is 10.0.